The number of nitrogen functional groups attached to an aromatic ring is 1. The summed E-state index contributed by atoms with van der Waals surface area (Å²) < 4.78 is 12.8. The third kappa shape index (κ3) is 2.72. The third-order valence-electron chi connectivity index (χ3n) is 2.20. The molecule has 0 bridgehead atoms. The van der Waals surface area contributed by atoms with Crippen LogP contribution in [0.1, 0.15) is 5.56 Å². The van der Waals surface area contributed by atoms with Gasteiger partial charge in [0.05, 0.1) is 0 Å². The molecular formula is C11H11FN4S. The number of hydrogen-bond acceptors (Lipinski definition) is 5. The average molecular weight is 250 g/mol. The fraction of sp³-hybridized carbons (Fsp3) is 0.0909. The van der Waals surface area contributed by atoms with Crippen molar-refractivity contribution in [3.63, 3.8) is 0 Å². The maximum absolute atomic E-state index is 12.8. The number of nitrogens with one attached hydrogen (secondary N) is 1. The second-order valence-electron chi connectivity index (χ2n) is 3.35. The Hall–Kier alpha value is -1.66. The lowest BCUT2D eigenvalue weighted by molar-refractivity contribution is 0.626. The van der Waals surface area contributed by atoms with Gasteiger partial charge >= 0.3 is 0 Å². The van der Waals surface area contributed by atoms with Crippen molar-refractivity contribution in [2.75, 3.05) is 5.43 Å². The molecule has 0 fully saturated rings. The van der Waals surface area contributed by atoms with Crippen LogP contribution in [0.4, 0.5) is 10.2 Å². The highest BCUT2D eigenvalue weighted by Crippen LogP contribution is 2.30. The molecule has 1 heterocycles. The van der Waals surface area contributed by atoms with Gasteiger partial charge in [-0.2, -0.15) is 0 Å². The van der Waals surface area contributed by atoms with E-state index in [-0.39, 0.29) is 5.82 Å². The monoisotopic (exact) mass is 250 g/mol. The molecule has 88 valence electrons. The van der Waals surface area contributed by atoms with Crippen molar-refractivity contribution in [2.45, 2.75) is 16.8 Å². The molecule has 0 aliphatic carbocycles. The number of rotatable bonds is 3. The Balaban J connectivity index is 2.27. The third-order valence-corrected chi connectivity index (χ3v) is 3.32. The van der Waals surface area contributed by atoms with Crippen molar-refractivity contribution in [3.8, 4) is 0 Å². The smallest absolute Gasteiger partial charge is 0.147 e. The molecule has 0 spiro atoms. The second-order valence-corrected chi connectivity index (χ2v) is 4.41. The highest BCUT2D eigenvalue weighted by atomic mass is 32.2. The summed E-state index contributed by atoms with van der Waals surface area (Å²) in [6, 6.07) is 6.25. The van der Waals surface area contributed by atoms with Crippen molar-refractivity contribution >= 4 is 17.6 Å². The SMILES string of the molecule is Cc1c(NN)ncnc1Sc1ccc(F)cc1. The Bertz CT molecular complexity index is 515. The van der Waals surface area contributed by atoms with Crippen LogP contribution in [0.25, 0.3) is 0 Å². The van der Waals surface area contributed by atoms with Gasteiger partial charge < -0.3 is 5.43 Å². The van der Waals surface area contributed by atoms with Crippen LogP contribution in [-0.4, -0.2) is 9.97 Å². The molecule has 0 aliphatic heterocycles. The predicted molar refractivity (Wildman–Crippen MR) is 65.1 cm³/mol. The fourth-order valence-electron chi connectivity index (χ4n) is 1.30. The lowest BCUT2D eigenvalue weighted by Gasteiger charge is -2.07. The summed E-state index contributed by atoms with van der Waals surface area (Å²) >= 11 is 1.44. The van der Waals surface area contributed by atoms with E-state index in [1.807, 2.05) is 6.92 Å². The minimum atomic E-state index is -0.252. The molecule has 3 N–H and O–H groups in total. The molecule has 1 aromatic carbocycles. The number of anilines is 1. The van der Waals surface area contributed by atoms with Crippen LogP contribution in [0.15, 0.2) is 40.5 Å². The van der Waals surface area contributed by atoms with Crippen molar-refractivity contribution in [3.05, 3.63) is 42.0 Å². The first-order chi connectivity index (χ1) is 8.20. The fourth-order valence-corrected chi connectivity index (χ4v) is 2.14. The summed E-state index contributed by atoms with van der Waals surface area (Å²) in [5.74, 6) is 5.67. The van der Waals surface area contributed by atoms with Crippen LogP contribution in [0.5, 0.6) is 0 Å². The number of benzene rings is 1. The maximum atomic E-state index is 12.8. The van der Waals surface area contributed by atoms with Crippen LogP contribution in [0, 0.1) is 12.7 Å². The van der Waals surface area contributed by atoms with Gasteiger partial charge in [0, 0.05) is 10.5 Å². The molecule has 0 radical (unpaired) electrons. The largest absolute Gasteiger partial charge is 0.308 e. The van der Waals surface area contributed by atoms with Gasteiger partial charge in [-0.05, 0) is 31.2 Å². The highest BCUT2D eigenvalue weighted by molar-refractivity contribution is 7.99. The minimum Gasteiger partial charge on any atom is -0.308 e. The summed E-state index contributed by atoms with van der Waals surface area (Å²) in [5.41, 5.74) is 3.37. The van der Waals surface area contributed by atoms with Crippen molar-refractivity contribution in [1.29, 1.82) is 0 Å². The Morgan fingerprint density at radius 3 is 2.59 bits per heavy atom. The average Bonchev–Trinajstić information content (AvgIpc) is 2.35. The number of nitrogens with zero attached hydrogens (tertiary/aromatic N) is 2. The van der Waals surface area contributed by atoms with Crippen LogP contribution in [0.3, 0.4) is 0 Å². The van der Waals surface area contributed by atoms with Gasteiger partial charge in [-0.1, -0.05) is 11.8 Å². The van der Waals surface area contributed by atoms with E-state index in [1.165, 1.54) is 30.2 Å². The Kier molecular flexibility index (Phi) is 3.55. The molecular weight excluding hydrogens is 239 g/mol. The van der Waals surface area contributed by atoms with E-state index in [1.54, 1.807) is 12.1 Å². The first kappa shape index (κ1) is 11.8. The maximum Gasteiger partial charge on any atom is 0.147 e. The number of hydrazine groups is 1. The van der Waals surface area contributed by atoms with Gasteiger partial charge in [-0.25, -0.2) is 20.2 Å². The number of nitrogens with two attached hydrogens (primary N) is 1. The zero-order valence-corrected chi connectivity index (χ0v) is 9.96. The van der Waals surface area contributed by atoms with Crippen LogP contribution >= 0.6 is 11.8 Å². The summed E-state index contributed by atoms with van der Waals surface area (Å²) in [5, 5.41) is 0.791. The van der Waals surface area contributed by atoms with E-state index in [2.05, 4.69) is 15.4 Å². The summed E-state index contributed by atoms with van der Waals surface area (Å²) in [6.07, 6.45) is 1.44. The van der Waals surface area contributed by atoms with E-state index < -0.39 is 0 Å². The van der Waals surface area contributed by atoms with E-state index in [4.69, 9.17) is 5.84 Å². The van der Waals surface area contributed by atoms with Crippen molar-refractivity contribution in [1.82, 2.24) is 9.97 Å². The zero-order valence-electron chi connectivity index (χ0n) is 9.14. The molecule has 0 saturated carbocycles. The molecule has 17 heavy (non-hydrogen) atoms. The molecule has 0 saturated heterocycles. The van der Waals surface area contributed by atoms with Crippen LogP contribution in [0.2, 0.25) is 0 Å². The Morgan fingerprint density at radius 1 is 1.24 bits per heavy atom. The van der Waals surface area contributed by atoms with E-state index in [0.29, 0.717) is 5.82 Å². The first-order valence-corrected chi connectivity index (χ1v) is 5.74. The summed E-state index contributed by atoms with van der Waals surface area (Å²) in [6.45, 7) is 1.88. The first-order valence-electron chi connectivity index (χ1n) is 4.92. The number of halogens is 1. The summed E-state index contributed by atoms with van der Waals surface area (Å²) in [7, 11) is 0. The molecule has 0 atom stereocenters. The van der Waals surface area contributed by atoms with E-state index >= 15 is 0 Å². The van der Waals surface area contributed by atoms with E-state index in [0.717, 1.165) is 15.5 Å². The molecule has 0 unspecified atom stereocenters. The zero-order chi connectivity index (χ0) is 12.3. The molecule has 6 heteroatoms. The molecule has 0 aliphatic rings. The topological polar surface area (TPSA) is 63.8 Å². The van der Waals surface area contributed by atoms with Gasteiger partial charge in [0.2, 0.25) is 0 Å². The molecule has 1 aromatic heterocycles. The quantitative estimate of drug-likeness (QED) is 0.497. The molecule has 2 aromatic rings. The number of aromatic nitrogens is 2. The standard InChI is InChI=1S/C11H11FN4S/c1-7-10(16-13)14-6-15-11(7)17-9-4-2-8(12)3-5-9/h2-6H,13H2,1H3,(H,14,15,16). The normalized spacial score (nSPS) is 10.3. The van der Waals surface area contributed by atoms with E-state index in [9.17, 15) is 4.39 Å². The van der Waals surface area contributed by atoms with Crippen molar-refractivity contribution < 1.29 is 4.39 Å². The highest BCUT2D eigenvalue weighted by Gasteiger charge is 2.07. The Morgan fingerprint density at radius 2 is 1.94 bits per heavy atom. The lowest BCUT2D eigenvalue weighted by Crippen LogP contribution is -2.10. The molecule has 0 amide bonds. The van der Waals surface area contributed by atoms with Crippen LogP contribution < -0.4 is 11.3 Å². The minimum absolute atomic E-state index is 0.252. The summed E-state index contributed by atoms with van der Waals surface area (Å²) in [4.78, 5) is 9.07. The van der Waals surface area contributed by atoms with Gasteiger partial charge in [-0.3, -0.25) is 0 Å². The molecule has 4 nitrogen and oxygen atoms in total. The van der Waals surface area contributed by atoms with Gasteiger partial charge in [-0.15, -0.1) is 0 Å². The van der Waals surface area contributed by atoms with Gasteiger partial charge in [0.1, 0.15) is 23.0 Å². The van der Waals surface area contributed by atoms with Gasteiger partial charge in [0.15, 0.2) is 0 Å². The number of hydrogen-bond donors (Lipinski definition) is 2. The second kappa shape index (κ2) is 5.11. The van der Waals surface area contributed by atoms with Gasteiger partial charge in [0.25, 0.3) is 0 Å². The van der Waals surface area contributed by atoms with Crippen molar-refractivity contribution in [2.24, 2.45) is 5.84 Å². The molecule has 2 rings (SSSR count). The predicted octanol–water partition coefficient (Wildman–Crippen LogP) is 2.36. The van der Waals surface area contributed by atoms with Crippen LogP contribution in [-0.2, 0) is 0 Å². The Labute approximate surface area is 102 Å². The lowest BCUT2D eigenvalue weighted by atomic mass is 10.3.